The van der Waals surface area contributed by atoms with Crippen molar-refractivity contribution in [1.29, 1.82) is 0 Å². The second-order valence-corrected chi connectivity index (χ2v) is 5.25. The molecule has 1 aliphatic rings. The number of fused-ring (bicyclic) bond motifs is 1. The van der Waals surface area contributed by atoms with E-state index in [9.17, 15) is 0 Å². The summed E-state index contributed by atoms with van der Waals surface area (Å²) in [6, 6.07) is 12.4. The lowest BCUT2D eigenvalue weighted by atomic mass is 10.0. The molecule has 2 nitrogen and oxygen atoms in total. The lowest BCUT2D eigenvalue weighted by molar-refractivity contribution is 0.302. The predicted octanol–water partition coefficient (Wildman–Crippen LogP) is 3.33. The Kier molecular flexibility index (Phi) is 3.90. The average molecular weight is 265 g/mol. The molecule has 2 N–H and O–H groups in total. The summed E-state index contributed by atoms with van der Waals surface area (Å²) < 4.78 is 5.95. The van der Waals surface area contributed by atoms with Crippen LogP contribution in [0.1, 0.15) is 24.8 Å². The fourth-order valence-corrected chi connectivity index (χ4v) is 2.38. The highest BCUT2D eigenvalue weighted by Gasteiger charge is 2.20. The normalized spacial score (nSPS) is 13.8. The smallest absolute Gasteiger partial charge is 0.135 e. The molecule has 2 aromatic carbocycles. The van der Waals surface area contributed by atoms with Gasteiger partial charge in [0.2, 0.25) is 0 Å². The summed E-state index contributed by atoms with van der Waals surface area (Å²) in [5.41, 5.74) is 6.47. The Balaban J connectivity index is 1.91. The van der Waals surface area contributed by atoms with E-state index >= 15 is 0 Å². The molecule has 0 aromatic heterocycles. The van der Waals surface area contributed by atoms with Gasteiger partial charge in [0.25, 0.3) is 0 Å². The van der Waals surface area contributed by atoms with Gasteiger partial charge >= 0.3 is 0 Å². The fourth-order valence-electron chi connectivity index (χ4n) is 2.38. The van der Waals surface area contributed by atoms with Gasteiger partial charge in [-0.3, -0.25) is 0 Å². The zero-order valence-corrected chi connectivity index (χ0v) is 11.6. The number of hydrogen-bond donors (Lipinski definition) is 1. The lowest BCUT2D eigenvalue weighted by Crippen LogP contribution is -2.01. The molecule has 0 aliphatic heterocycles. The van der Waals surface area contributed by atoms with Crippen LogP contribution in [-0.4, -0.2) is 13.2 Å². The van der Waals surface area contributed by atoms with Gasteiger partial charge in [0.15, 0.2) is 0 Å². The second-order valence-electron chi connectivity index (χ2n) is 5.25. The van der Waals surface area contributed by atoms with Gasteiger partial charge in [-0.05, 0) is 23.8 Å². The minimum Gasteiger partial charge on any atom is -0.492 e. The Morgan fingerprint density at radius 3 is 2.80 bits per heavy atom. The summed E-state index contributed by atoms with van der Waals surface area (Å²) in [5.74, 6) is 7.88. The molecule has 0 heterocycles. The Morgan fingerprint density at radius 2 is 2.00 bits per heavy atom. The molecular weight excluding hydrogens is 246 g/mol. The topological polar surface area (TPSA) is 35.2 Å². The van der Waals surface area contributed by atoms with E-state index in [-0.39, 0.29) is 0 Å². The third kappa shape index (κ3) is 2.95. The first-order chi connectivity index (χ1) is 9.88. The van der Waals surface area contributed by atoms with E-state index in [1.165, 1.54) is 18.2 Å². The first-order valence-corrected chi connectivity index (χ1v) is 7.22. The van der Waals surface area contributed by atoms with Crippen molar-refractivity contribution >= 4 is 10.8 Å². The summed E-state index contributed by atoms with van der Waals surface area (Å²) in [4.78, 5) is 0. The third-order valence-electron chi connectivity index (χ3n) is 3.69. The summed E-state index contributed by atoms with van der Waals surface area (Å²) in [5, 5.41) is 2.32. The number of nitrogens with two attached hydrogens (primary N) is 1. The van der Waals surface area contributed by atoms with Crippen LogP contribution in [-0.2, 0) is 0 Å². The number of hydrogen-bond acceptors (Lipinski definition) is 2. The van der Waals surface area contributed by atoms with Gasteiger partial charge in [0, 0.05) is 5.39 Å². The maximum absolute atomic E-state index is 5.95. The van der Waals surface area contributed by atoms with Crippen LogP contribution >= 0.6 is 0 Å². The molecule has 0 spiro atoms. The number of rotatable bonds is 4. The van der Waals surface area contributed by atoms with Crippen molar-refractivity contribution in [3.05, 3.63) is 42.0 Å². The molecule has 0 radical (unpaired) electrons. The molecule has 0 unspecified atom stereocenters. The van der Waals surface area contributed by atoms with Crippen LogP contribution in [0.5, 0.6) is 5.75 Å². The van der Waals surface area contributed by atoms with Crippen LogP contribution in [0.3, 0.4) is 0 Å². The number of benzene rings is 2. The second kappa shape index (κ2) is 5.98. The molecule has 1 aliphatic carbocycles. The fraction of sp³-hybridized carbons (Fsp3) is 0.333. The molecule has 3 rings (SSSR count). The monoisotopic (exact) mass is 265 g/mol. The van der Waals surface area contributed by atoms with Crippen molar-refractivity contribution in [2.24, 2.45) is 11.7 Å². The molecule has 2 heteroatoms. The van der Waals surface area contributed by atoms with E-state index < -0.39 is 0 Å². The maximum atomic E-state index is 5.95. The summed E-state index contributed by atoms with van der Waals surface area (Å²) >= 11 is 0. The van der Waals surface area contributed by atoms with Crippen LogP contribution in [0, 0.1) is 17.8 Å². The van der Waals surface area contributed by atoms with Gasteiger partial charge in [0.1, 0.15) is 5.75 Å². The zero-order chi connectivity index (χ0) is 13.8. The van der Waals surface area contributed by atoms with Crippen LogP contribution < -0.4 is 10.5 Å². The zero-order valence-electron chi connectivity index (χ0n) is 11.6. The Bertz CT molecular complexity index is 662. The van der Waals surface area contributed by atoms with Crippen LogP contribution in [0.25, 0.3) is 10.8 Å². The molecule has 1 fully saturated rings. The molecule has 0 amide bonds. The highest BCUT2D eigenvalue weighted by Crippen LogP contribution is 2.33. The molecular formula is C18H19NO. The van der Waals surface area contributed by atoms with Gasteiger partial charge < -0.3 is 10.5 Å². The minimum absolute atomic E-state index is 0.366. The van der Waals surface area contributed by atoms with Crippen molar-refractivity contribution in [3.8, 4) is 17.6 Å². The summed E-state index contributed by atoms with van der Waals surface area (Å²) in [6.07, 6.45) is 3.87. The standard InChI is InChI=1S/C18H19NO/c19-12-3-6-17-16-5-2-1-4-15(16)9-10-18(17)20-13-11-14-7-8-14/h1-2,4-5,9-10,14H,7-8,11-13,19H2. The van der Waals surface area contributed by atoms with Crippen molar-refractivity contribution in [2.45, 2.75) is 19.3 Å². The maximum Gasteiger partial charge on any atom is 0.135 e. The molecule has 102 valence electrons. The molecule has 2 aromatic rings. The van der Waals surface area contributed by atoms with Gasteiger partial charge in [-0.2, -0.15) is 0 Å². The van der Waals surface area contributed by atoms with Gasteiger partial charge in [-0.1, -0.05) is 55.0 Å². The Hall–Kier alpha value is -1.98. The van der Waals surface area contributed by atoms with Crippen LogP contribution in [0.15, 0.2) is 36.4 Å². The molecule has 0 saturated heterocycles. The predicted molar refractivity (Wildman–Crippen MR) is 82.7 cm³/mol. The first-order valence-electron chi connectivity index (χ1n) is 7.22. The molecule has 20 heavy (non-hydrogen) atoms. The van der Waals surface area contributed by atoms with Gasteiger partial charge in [-0.15, -0.1) is 0 Å². The van der Waals surface area contributed by atoms with Crippen molar-refractivity contribution in [1.82, 2.24) is 0 Å². The van der Waals surface area contributed by atoms with E-state index in [4.69, 9.17) is 10.5 Å². The highest BCUT2D eigenvalue weighted by atomic mass is 16.5. The van der Waals surface area contributed by atoms with Crippen molar-refractivity contribution < 1.29 is 4.74 Å². The SMILES string of the molecule is NCC#Cc1c(OCCC2CC2)ccc2ccccc12. The summed E-state index contributed by atoms with van der Waals surface area (Å²) in [7, 11) is 0. The quantitative estimate of drug-likeness (QED) is 0.861. The lowest BCUT2D eigenvalue weighted by Gasteiger charge is -2.10. The van der Waals surface area contributed by atoms with E-state index in [1.54, 1.807) is 0 Å². The Morgan fingerprint density at radius 1 is 1.15 bits per heavy atom. The van der Waals surface area contributed by atoms with Gasteiger partial charge in [-0.25, -0.2) is 0 Å². The molecule has 0 bridgehead atoms. The third-order valence-corrected chi connectivity index (χ3v) is 3.69. The van der Waals surface area contributed by atoms with E-state index in [0.29, 0.717) is 6.54 Å². The minimum atomic E-state index is 0.366. The van der Waals surface area contributed by atoms with E-state index in [2.05, 4.69) is 30.0 Å². The first kappa shape index (κ1) is 13.0. The largest absolute Gasteiger partial charge is 0.492 e. The molecule has 1 saturated carbocycles. The van der Waals surface area contributed by atoms with Crippen molar-refractivity contribution in [2.75, 3.05) is 13.2 Å². The highest BCUT2D eigenvalue weighted by molar-refractivity contribution is 5.90. The van der Waals surface area contributed by atoms with Crippen molar-refractivity contribution in [3.63, 3.8) is 0 Å². The molecule has 0 atom stereocenters. The van der Waals surface area contributed by atoms with Crippen LogP contribution in [0.4, 0.5) is 0 Å². The summed E-state index contributed by atoms with van der Waals surface area (Å²) in [6.45, 7) is 1.14. The van der Waals surface area contributed by atoms with E-state index in [1.807, 2.05) is 18.2 Å². The van der Waals surface area contributed by atoms with Crippen LogP contribution in [0.2, 0.25) is 0 Å². The Labute approximate surface area is 119 Å². The van der Waals surface area contributed by atoms with Gasteiger partial charge in [0.05, 0.1) is 18.7 Å². The average Bonchev–Trinajstić information content (AvgIpc) is 3.30. The number of ether oxygens (including phenoxy) is 1. The van der Waals surface area contributed by atoms with E-state index in [0.717, 1.165) is 35.6 Å².